The average Bonchev–Trinajstić information content (AvgIpc) is 3.40. The van der Waals surface area contributed by atoms with E-state index in [-0.39, 0.29) is 17.6 Å². The Hall–Kier alpha value is -3.06. The van der Waals surface area contributed by atoms with Crippen molar-refractivity contribution < 1.29 is 14.0 Å². The van der Waals surface area contributed by atoms with Crippen LogP contribution in [0.4, 0.5) is 10.7 Å². The van der Waals surface area contributed by atoms with Gasteiger partial charge in [0.25, 0.3) is 11.8 Å². The average molecular weight is 395 g/mol. The third-order valence-electron chi connectivity index (χ3n) is 4.73. The van der Waals surface area contributed by atoms with Crippen molar-refractivity contribution in [3.05, 3.63) is 71.0 Å². The maximum atomic E-state index is 12.8. The quantitative estimate of drug-likeness (QED) is 0.728. The van der Waals surface area contributed by atoms with Gasteiger partial charge in [0, 0.05) is 31.9 Å². The number of nitrogens with one attached hydrogen (secondary N) is 1. The van der Waals surface area contributed by atoms with Crippen molar-refractivity contribution in [2.75, 3.05) is 36.4 Å². The summed E-state index contributed by atoms with van der Waals surface area (Å²) in [5.74, 6) is -0.0708. The number of carbonyl (C=O) groups excluding carboxylic acids is 2. The predicted molar refractivity (Wildman–Crippen MR) is 110 cm³/mol. The summed E-state index contributed by atoms with van der Waals surface area (Å²) in [5.41, 5.74) is 2.44. The van der Waals surface area contributed by atoms with Crippen LogP contribution in [0.5, 0.6) is 0 Å². The van der Waals surface area contributed by atoms with Crippen LogP contribution in [-0.2, 0) is 0 Å². The van der Waals surface area contributed by atoms with Crippen LogP contribution in [0.3, 0.4) is 0 Å². The molecule has 0 saturated carbocycles. The van der Waals surface area contributed by atoms with E-state index >= 15 is 0 Å². The van der Waals surface area contributed by atoms with Crippen LogP contribution in [0.2, 0.25) is 0 Å². The zero-order valence-corrected chi connectivity index (χ0v) is 16.4. The number of piperazine rings is 1. The van der Waals surface area contributed by atoms with Crippen LogP contribution < -0.4 is 10.2 Å². The number of carbonyl (C=O) groups is 2. The fourth-order valence-electron chi connectivity index (χ4n) is 3.25. The van der Waals surface area contributed by atoms with E-state index in [1.165, 1.54) is 28.9 Å². The number of benzene rings is 1. The molecule has 144 valence electrons. The van der Waals surface area contributed by atoms with Gasteiger partial charge in [0.15, 0.2) is 5.76 Å². The number of thiophene rings is 1. The van der Waals surface area contributed by atoms with Gasteiger partial charge in [-0.15, -0.1) is 11.3 Å². The van der Waals surface area contributed by atoms with Gasteiger partial charge in [-0.2, -0.15) is 0 Å². The summed E-state index contributed by atoms with van der Waals surface area (Å²) in [4.78, 5) is 29.7. The Morgan fingerprint density at radius 2 is 1.86 bits per heavy atom. The van der Waals surface area contributed by atoms with E-state index in [1.54, 1.807) is 24.3 Å². The Labute approximate surface area is 167 Å². The molecule has 2 aromatic heterocycles. The first-order chi connectivity index (χ1) is 13.6. The molecule has 0 bridgehead atoms. The first kappa shape index (κ1) is 18.3. The second kappa shape index (κ2) is 7.90. The van der Waals surface area contributed by atoms with Crippen molar-refractivity contribution >= 4 is 33.8 Å². The summed E-state index contributed by atoms with van der Waals surface area (Å²) in [7, 11) is 0. The van der Waals surface area contributed by atoms with E-state index in [1.807, 2.05) is 4.90 Å². The Morgan fingerprint density at radius 1 is 1.04 bits per heavy atom. The standard InChI is InChI=1S/C21H21N3O3S/c1-15-4-2-5-16(14-15)23-9-11-24(12-10-23)21(26)18-7-8-19(28-18)22-20(25)17-6-3-13-27-17/h2-8,13-14H,9-12H2,1H3,(H,22,25). The number of aryl methyl sites for hydroxylation is 1. The highest BCUT2D eigenvalue weighted by atomic mass is 32.1. The highest BCUT2D eigenvalue weighted by Gasteiger charge is 2.24. The molecule has 1 N–H and O–H groups in total. The van der Waals surface area contributed by atoms with E-state index in [0.29, 0.717) is 23.0 Å². The van der Waals surface area contributed by atoms with Crippen molar-refractivity contribution in [1.82, 2.24) is 4.90 Å². The second-order valence-corrected chi connectivity index (χ2v) is 7.80. The Balaban J connectivity index is 1.35. The minimum absolute atomic E-state index is 0.00684. The van der Waals surface area contributed by atoms with Crippen molar-refractivity contribution in [3.63, 3.8) is 0 Å². The molecular weight excluding hydrogens is 374 g/mol. The molecule has 3 aromatic rings. The molecule has 1 fully saturated rings. The van der Waals surface area contributed by atoms with Gasteiger partial charge >= 0.3 is 0 Å². The topological polar surface area (TPSA) is 65.8 Å². The van der Waals surface area contributed by atoms with Gasteiger partial charge in [0.05, 0.1) is 16.1 Å². The van der Waals surface area contributed by atoms with Gasteiger partial charge in [-0.25, -0.2) is 0 Å². The number of nitrogens with zero attached hydrogens (tertiary/aromatic N) is 2. The van der Waals surface area contributed by atoms with Crippen LogP contribution in [0.25, 0.3) is 0 Å². The summed E-state index contributed by atoms with van der Waals surface area (Å²) in [5, 5.41) is 3.39. The molecule has 0 spiro atoms. The number of amides is 2. The Bertz CT molecular complexity index is 972. The third kappa shape index (κ3) is 3.94. The molecule has 1 aliphatic rings. The minimum Gasteiger partial charge on any atom is -0.459 e. The number of hydrogen-bond donors (Lipinski definition) is 1. The van der Waals surface area contributed by atoms with Crippen molar-refractivity contribution in [1.29, 1.82) is 0 Å². The maximum Gasteiger partial charge on any atom is 0.291 e. The summed E-state index contributed by atoms with van der Waals surface area (Å²) < 4.78 is 5.08. The van der Waals surface area contributed by atoms with E-state index in [0.717, 1.165) is 13.1 Å². The molecule has 6 nitrogen and oxygen atoms in total. The molecule has 4 rings (SSSR count). The third-order valence-corrected chi connectivity index (χ3v) is 5.72. The normalized spacial score (nSPS) is 14.2. The summed E-state index contributed by atoms with van der Waals surface area (Å²) in [6.07, 6.45) is 1.45. The molecule has 0 aliphatic carbocycles. The lowest BCUT2D eigenvalue weighted by atomic mass is 10.2. The first-order valence-electron chi connectivity index (χ1n) is 9.16. The summed E-state index contributed by atoms with van der Waals surface area (Å²) in [6, 6.07) is 15.2. The van der Waals surface area contributed by atoms with Crippen molar-refractivity contribution in [2.24, 2.45) is 0 Å². The molecule has 3 heterocycles. The maximum absolute atomic E-state index is 12.8. The fraction of sp³-hybridized carbons (Fsp3) is 0.238. The molecule has 0 unspecified atom stereocenters. The Kier molecular flexibility index (Phi) is 5.16. The van der Waals surface area contributed by atoms with Crippen LogP contribution >= 0.6 is 11.3 Å². The lowest BCUT2D eigenvalue weighted by Crippen LogP contribution is -2.48. The molecule has 1 saturated heterocycles. The minimum atomic E-state index is -0.322. The second-order valence-electron chi connectivity index (χ2n) is 6.71. The van der Waals surface area contributed by atoms with Crippen molar-refractivity contribution in [3.8, 4) is 0 Å². The number of anilines is 2. The molecular formula is C21H21N3O3S. The zero-order chi connectivity index (χ0) is 19.5. The summed E-state index contributed by atoms with van der Waals surface area (Å²) in [6.45, 7) is 5.06. The number of hydrogen-bond acceptors (Lipinski definition) is 5. The highest BCUT2D eigenvalue weighted by Crippen LogP contribution is 2.25. The van der Waals surface area contributed by atoms with E-state index in [2.05, 4.69) is 41.4 Å². The van der Waals surface area contributed by atoms with Gasteiger partial charge in [-0.05, 0) is 48.9 Å². The monoisotopic (exact) mass is 395 g/mol. The van der Waals surface area contributed by atoms with Crippen LogP contribution in [0, 0.1) is 6.92 Å². The van der Waals surface area contributed by atoms with Gasteiger partial charge in [-0.1, -0.05) is 12.1 Å². The number of rotatable bonds is 4. The number of furan rings is 1. The van der Waals surface area contributed by atoms with E-state index in [9.17, 15) is 9.59 Å². The zero-order valence-electron chi connectivity index (χ0n) is 15.6. The van der Waals surface area contributed by atoms with Gasteiger partial charge in [-0.3, -0.25) is 9.59 Å². The lowest BCUT2D eigenvalue weighted by Gasteiger charge is -2.36. The van der Waals surface area contributed by atoms with Crippen LogP contribution in [-0.4, -0.2) is 42.9 Å². The highest BCUT2D eigenvalue weighted by molar-refractivity contribution is 7.18. The first-order valence-corrected chi connectivity index (χ1v) is 9.97. The summed E-state index contributed by atoms with van der Waals surface area (Å²) >= 11 is 1.28. The largest absolute Gasteiger partial charge is 0.459 e. The molecule has 0 atom stereocenters. The molecule has 2 amide bonds. The molecule has 28 heavy (non-hydrogen) atoms. The van der Waals surface area contributed by atoms with Gasteiger partial charge in [0.2, 0.25) is 0 Å². The smallest absolute Gasteiger partial charge is 0.291 e. The van der Waals surface area contributed by atoms with Gasteiger partial charge < -0.3 is 19.5 Å². The molecule has 1 aromatic carbocycles. The van der Waals surface area contributed by atoms with Crippen LogP contribution in [0.1, 0.15) is 25.8 Å². The van der Waals surface area contributed by atoms with Crippen molar-refractivity contribution in [2.45, 2.75) is 6.92 Å². The molecule has 1 aliphatic heterocycles. The fourth-order valence-corrected chi connectivity index (χ4v) is 4.12. The lowest BCUT2D eigenvalue weighted by molar-refractivity contribution is 0.0751. The van der Waals surface area contributed by atoms with Crippen LogP contribution in [0.15, 0.2) is 59.2 Å². The molecule has 7 heteroatoms. The van der Waals surface area contributed by atoms with E-state index < -0.39 is 0 Å². The van der Waals surface area contributed by atoms with E-state index in [4.69, 9.17) is 4.42 Å². The predicted octanol–water partition coefficient (Wildman–Crippen LogP) is 3.86. The van der Waals surface area contributed by atoms with Gasteiger partial charge in [0.1, 0.15) is 0 Å². The SMILES string of the molecule is Cc1cccc(N2CCN(C(=O)c3ccc(NC(=O)c4ccco4)s3)CC2)c1. The Morgan fingerprint density at radius 3 is 2.57 bits per heavy atom. The molecule has 0 radical (unpaired) electrons.